The van der Waals surface area contributed by atoms with E-state index in [0.29, 0.717) is 18.7 Å². The molecule has 0 bridgehead atoms. The average molecular weight is 284 g/mol. The highest BCUT2D eigenvalue weighted by atomic mass is 16.5. The lowest BCUT2D eigenvalue weighted by Crippen LogP contribution is -2.54. The first kappa shape index (κ1) is 15.2. The molecule has 2 rings (SSSR count). The predicted molar refractivity (Wildman–Crippen MR) is 82.2 cm³/mol. The fraction of sp³-hybridized carbons (Fsp3) is 0.235. The zero-order chi connectivity index (χ0) is 15.1. The Morgan fingerprint density at radius 1 is 1.10 bits per heavy atom. The van der Waals surface area contributed by atoms with Crippen LogP contribution in [-0.4, -0.2) is 12.5 Å². The summed E-state index contributed by atoms with van der Waals surface area (Å²) in [4.78, 5) is 12.1. The van der Waals surface area contributed by atoms with Crippen molar-refractivity contribution >= 4 is 5.91 Å². The van der Waals surface area contributed by atoms with Crippen LogP contribution in [0.4, 0.5) is 0 Å². The monoisotopic (exact) mass is 284 g/mol. The number of ether oxygens (including phenoxy) is 1. The van der Waals surface area contributed by atoms with E-state index in [-0.39, 0.29) is 0 Å². The molecule has 0 aliphatic heterocycles. The van der Waals surface area contributed by atoms with Gasteiger partial charge in [0.25, 0.3) is 5.91 Å². The van der Waals surface area contributed by atoms with Crippen molar-refractivity contribution in [3.05, 3.63) is 71.8 Å². The number of nitrogens with one attached hydrogen (secondary N) is 1. The number of hydrogen-bond donors (Lipinski definition) is 2. The molecule has 4 heteroatoms. The lowest BCUT2D eigenvalue weighted by atomic mass is 10.0. The fourth-order valence-electron chi connectivity index (χ4n) is 2.25. The van der Waals surface area contributed by atoms with E-state index < -0.39 is 11.6 Å². The third-order valence-corrected chi connectivity index (χ3v) is 3.27. The van der Waals surface area contributed by atoms with Crippen LogP contribution in [0.15, 0.2) is 60.7 Å². The number of rotatable bonds is 7. The molecule has 2 aromatic rings. The lowest BCUT2D eigenvalue weighted by Gasteiger charge is -2.32. The fourth-order valence-corrected chi connectivity index (χ4v) is 2.25. The molecule has 0 aliphatic rings. The second-order valence-electron chi connectivity index (χ2n) is 4.68. The van der Waals surface area contributed by atoms with Gasteiger partial charge < -0.3 is 10.5 Å². The van der Waals surface area contributed by atoms with E-state index in [2.05, 4.69) is 5.32 Å². The summed E-state index contributed by atoms with van der Waals surface area (Å²) in [5.41, 5.74) is 6.07. The van der Waals surface area contributed by atoms with E-state index in [0.717, 1.165) is 5.56 Å². The first-order valence-corrected chi connectivity index (χ1v) is 6.97. The van der Waals surface area contributed by atoms with Gasteiger partial charge in [-0.05, 0) is 12.5 Å². The summed E-state index contributed by atoms with van der Waals surface area (Å²) in [5, 5.41) is 3.17. The molecule has 0 heterocycles. The summed E-state index contributed by atoms with van der Waals surface area (Å²) in [6.45, 7) is 2.70. The Balaban J connectivity index is 2.29. The van der Waals surface area contributed by atoms with E-state index in [1.807, 2.05) is 67.6 Å². The minimum Gasteiger partial charge on any atom is -0.366 e. The molecule has 0 radical (unpaired) electrons. The van der Waals surface area contributed by atoms with E-state index in [9.17, 15) is 4.79 Å². The molecule has 4 nitrogen and oxygen atoms in total. The largest absolute Gasteiger partial charge is 0.366 e. The maximum absolute atomic E-state index is 12.1. The number of nitrogens with two attached hydrogens (primary N) is 1. The molecule has 3 N–H and O–H groups in total. The Bertz CT molecular complexity index is 572. The highest BCUT2D eigenvalue weighted by Gasteiger charge is 2.39. The normalized spacial score (nSPS) is 13.6. The van der Waals surface area contributed by atoms with Crippen LogP contribution < -0.4 is 11.1 Å². The van der Waals surface area contributed by atoms with Gasteiger partial charge in [-0.3, -0.25) is 10.1 Å². The van der Waals surface area contributed by atoms with E-state index in [1.54, 1.807) is 0 Å². The number of benzene rings is 2. The SMILES string of the molecule is CCOC(NCc1ccccc1)(C(N)=O)c1ccccc1. The van der Waals surface area contributed by atoms with Gasteiger partial charge in [0.05, 0.1) is 0 Å². The Morgan fingerprint density at radius 2 is 1.67 bits per heavy atom. The van der Waals surface area contributed by atoms with Gasteiger partial charge in [0.1, 0.15) is 0 Å². The Labute approximate surface area is 124 Å². The molecule has 0 aromatic heterocycles. The zero-order valence-electron chi connectivity index (χ0n) is 12.1. The Hall–Kier alpha value is -2.17. The smallest absolute Gasteiger partial charge is 0.269 e. The lowest BCUT2D eigenvalue weighted by molar-refractivity contribution is -0.150. The third kappa shape index (κ3) is 3.48. The van der Waals surface area contributed by atoms with Crippen LogP contribution in [0.3, 0.4) is 0 Å². The molecular formula is C17H20N2O2. The quantitative estimate of drug-likeness (QED) is 0.766. The van der Waals surface area contributed by atoms with Crippen LogP contribution >= 0.6 is 0 Å². The van der Waals surface area contributed by atoms with Gasteiger partial charge in [0.15, 0.2) is 0 Å². The number of amides is 1. The van der Waals surface area contributed by atoms with E-state index in [1.165, 1.54) is 0 Å². The van der Waals surface area contributed by atoms with Gasteiger partial charge in [-0.2, -0.15) is 0 Å². The summed E-state index contributed by atoms with van der Waals surface area (Å²) in [6, 6.07) is 19.1. The highest BCUT2D eigenvalue weighted by Crippen LogP contribution is 2.23. The van der Waals surface area contributed by atoms with Crippen molar-refractivity contribution in [2.24, 2.45) is 5.73 Å². The zero-order valence-corrected chi connectivity index (χ0v) is 12.1. The molecule has 0 fully saturated rings. The van der Waals surface area contributed by atoms with Crippen LogP contribution in [0.25, 0.3) is 0 Å². The maximum Gasteiger partial charge on any atom is 0.269 e. The van der Waals surface area contributed by atoms with Gasteiger partial charge >= 0.3 is 0 Å². The maximum atomic E-state index is 12.1. The van der Waals surface area contributed by atoms with Gasteiger partial charge in [-0.15, -0.1) is 0 Å². The van der Waals surface area contributed by atoms with Crippen molar-refractivity contribution in [1.82, 2.24) is 5.32 Å². The molecular weight excluding hydrogens is 264 g/mol. The van der Waals surface area contributed by atoms with Crippen molar-refractivity contribution < 1.29 is 9.53 Å². The number of primary amides is 1. The van der Waals surface area contributed by atoms with Crippen molar-refractivity contribution in [1.29, 1.82) is 0 Å². The molecule has 0 saturated carbocycles. The van der Waals surface area contributed by atoms with Gasteiger partial charge in [-0.25, -0.2) is 0 Å². The minimum absolute atomic E-state index is 0.375. The van der Waals surface area contributed by atoms with Gasteiger partial charge in [0.2, 0.25) is 5.72 Å². The molecule has 2 aromatic carbocycles. The van der Waals surface area contributed by atoms with Crippen molar-refractivity contribution in [2.75, 3.05) is 6.61 Å². The topological polar surface area (TPSA) is 64.3 Å². The van der Waals surface area contributed by atoms with E-state index >= 15 is 0 Å². The summed E-state index contributed by atoms with van der Waals surface area (Å²) >= 11 is 0. The minimum atomic E-state index is -1.31. The Morgan fingerprint density at radius 3 is 2.19 bits per heavy atom. The molecule has 1 unspecified atom stereocenters. The predicted octanol–water partition coefficient (Wildman–Crippen LogP) is 2.15. The van der Waals surface area contributed by atoms with Crippen LogP contribution in [-0.2, 0) is 21.8 Å². The Kier molecular flexibility index (Phi) is 5.09. The molecule has 0 aliphatic carbocycles. The van der Waals surface area contributed by atoms with Crippen molar-refractivity contribution in [3.8, 4) is 0 Å². The van der Waals surface area contributed by atoms with E-state index in [4.69, 9.17) is 10.5 Å². The average Bonchev–Trinajstić information content (AvgIpc) is 2.53. The molecule has 0 spiro atoms. The molecule has 1 atom stereocenters. The highest BCUT2D eigenvalue weighted by molar-refractivity contribution is 5.84. The van der Waals surface area contributed by atoms with Gasteiger partial charge in [-0.1, -0.05) is 60.7 Å². The van der Waals surface area contributed by atoms with Crippen LogP contribution in [0, 0.1) is 0 Å². The van der Waals surface area contributed by atoms with Gasteiger partial charge in [0, 0.05) is 18.7 Å². The van der Waals surface area contributed by atoms with Crippen LogP contribution in [0.2, 0.25) is 0 Å². The summed E-state index contributed by atoms with van der Waals surface area (Å²) < 4.78 is 5.71. The van der Waals surface area contributed by atoms with Crippen LogP contribution in [0.5, 0.6) is 0 Å². The van der Waals surface area contributed by atoms with Crippen LogP contribution in [0.1, 0.15) is 18.1 Å². The third-order valence-electron chi connectivity index (χ3n) is 3.27. The molecule has 21 heavy (non-hydrogen) atoms. The molecule has 110 valence electrons. The number of hydrogen-bond acceptors (Lipinski definition) is 3. The summed E-state index contributed by atoms with van der Waals surface area (Å²) in [7, 11) is 0. The number of carbonyl (C=O) groups excluding carboxylic acids is 1. The first-order chi connectivity index (χ1) is 10.2. The number of carbonyl (C=O) groups is 1. The first-order valence-electron chi connectivity index (χ1n) is 6.97. The van der Waals surface area contributed by atoms with Crippen molar-refractivity contribution in [3.63, 3.8) is 0 Å². The standard InChI is InChI=1S/C17H20N2O2/c1-2-21-17(16(18)20,15-11-7-4-8-12-15)19-13-14-9-5-3-6-10-14/h3-12,19H,2,13H2,1H3,(H2,18,20). The second-order valence-corrected chi connectivity index (χ2v) is 4.68. The summed E-state index contributed by atoms with van der Waals surface area (Å²) in [5.74, 6) is -0.550. The van der Waals surface area contributed by atoms with Crippen molar-refractivity contribution in [2.45, 2.75) is 19.2 Å². The molecule has 0 saturated heterocycles. The second kappa shape index (κ2) is 7.02. The molecule has 1 amide bonds. The summed E-state index contributed by atoms with van der Waals surface area (Å²) in [6.07, 6.45) is 0.